The van der Waals surface area contributed by atoms with Crippen LogP contribution in [-0.2, 0) is 9.53 Å². The third kappa shape index (κ3) is 4.18. The van der Waals surface area contributed by atoms with Crippen LogP contribution in [0, 0.1) is 5.92 Å². The second-order valence-corrected chi connectivity index (χ2v) is 7.21. The molecule has 0 saturated heterocycles. The van der Waals surface area contributed by atoms with Crippen LogP contribution in [0.5, 0.6) is 0 Å². The van der Waals surface area contributed by atoms with Crippen LogP contribution in [0.1, 0.15) is 43.0 Å². The van der Waals surface area contributed by atoms with Crippen LogP contribution in [-0.4, -0.2) is 34.8 Å². The van der Waals surface area contributed by atoms with Crippen molar-refractivity contribution in [3.63, 3.8) is 0 Å². The van der Waals surface area contributed by atoms with Gasteiger partial charge in [0.15, 0.2) is 0 Å². The molecule has 0 radical (unpaired) electrons. The van der Waals surface area contributed by atoms with Crippen LogP contribution in [0.15, 0.2) is 36.5 Å². The zero-order valence-corrected chi connectivity index (χ0v) is 15.7. The number of para-hydroxylation sites is 1. The number of hydrogen-bond donors (Lipinski definition) is 2. The van der Waals surface area contributed by atoms with Gasteiger partial charge in [0.2, 0.25) is 0 Å². The molecule has 0 spiro atoms. The number of hydrogen-bond acceptors (Lipinski definition) is 5. The van der Waals surface area contributed by atoms with E-state index in [0.717, 1.165) is 36.6 Å². The van der Waals surface area contributed by atoms with Gasteiger partial charge in [-0.1, -0.05) is 18.2 Å². The Bertz CT molecular complexity index is 782. The van der Waals surface area contributed by atoms with Gasteiger partial charge in [-0.05, 0) is 50.7 Å². The molecule has 1 amide bonds. The fourth-order valence-corrected chi connectivity index (χ4v) is 3.93. The Balaban J connectivity index is 1.59. The molecule has 1 N–H and O–H groups in total. The number of aromatic nitrogens is 1. The maximum atomic E-state index is 12.7. The summed E-state index contributed by atoms with van der Waals surface area (Å²) in [5.41, 5.74) is 1.47. The first kappa shape index (κ1) is 18.7. The Morgan fingerprint density at radius 1 is 1.23 bits per heavy atom. The number of esters is 1. The Morgan fingerprint density at radius 3 is 2.69 bits per heavy atom. The van der Waals surface area contributed by atoms with E-state index in [2.05, 4.69) is 22.9 Å². The molecule has 6 heteroatoms. The lowest BCUT2D eigenvalue weighted by atomic mass is 9.83. The van der Waals surface area contributed by atoms with Crippen LogP contribution in [0.2, 0.25) is 0 Å². The Hall–Kier alpha value is -2.08. The topological polar surface area (TPSA) is 68.3 Å². The van der Waals surface area contributed by atoms with Crippen LogP contribution >= 0.6 is 12.6 Å². The first-order valence-corrected chi connectivity index (χ1v) is 9.61. The summed E-state index contributed by atoms with van der Waals surface area (Å²) in [6.45, 7) is 2.18. The fourth-order valence-electron chi connectivity index (χ4n) is 3.56. The number of nitrogens with zero attached hydrogens (tertiary/aromatic N) is 1. The summed E-state index contributed by atoms with van der Waals surface area (Å²) in [6, 6.07) is 9.52. The molecule has 1 aromatic heterocycles. The molecule has 0 bridgehead atoms. The summed E-state index contributed by atoms with van der Waals surface area (Å²) in [7, 11) is 0. The average Bonchev–Trinajstić information content (AvgIpc) is 2.67. The van der Waals surface area contributed by atoms with Gasteiger partial charge in [0.1, 0.15) is 5.25 Å². The minimum Gasteiger partial charge on any atom is -0.465 e. The maximum Gasteiger partial charge on any atom is 0.319 e. The number of carbonyl (C=O) groups is 2. The molecule has 1 atom stereocenters. The molecule has 26 heavy (non-hydrogen) atoms. The number of amides is 1. The molecule has 1 unspecified atom stereocenters. The number of ether oxygens (including phenoxy) is 1. The fraction of sp³-hybridized carbons (Fsp3) is 0.450. The molecular formula is C20H24N2O3S. The second kappa shape index (κ2) is 8.54. The van der Waals surface area contributed by atoms with Crippen LogP contribution in [0.3, 0.4) is 0 Å². The molecule has 5 nitrogen and oxygen atoms in total. The molecule has 3 rings (SSSR count). The van der Waals surface area contributed by atoms with Crippen molar-refractivity contribution >= 4 is 35.4 Å². The van der Waals surface area contributed by atoms with Gasteiger partial charge < -0.3 is 10.1 Å². The van der Waals surface area contributed by atoms with Gasteiger partial charge in [-0.15, -0.1) is 0 Å². The number of rotatable bonds is 5. The summed E-state index contributed by atoms with van der Waals surface area (Å²) in [5.74, 6) is -0.112. The number of fused-ring (bicyclic) bond motifs is 1. The lowest BCUT2D eigenvalue weighted by Crippen LogP contribution is -2.40. The molecule has 1 aliphatic carbocycles. The van der Waals surface area contributed by atoms with E-state index in [1.54, 1.807) is 19.2 Å². The molecule has 138 valence electrons. The van der Waals surface area contributed by atoms with E-state index in [9.17, 15) is 9.59 Å². The van der Waals surface area contributed by atoms with Crippen molar-refractivity contribution in [3.05, 3.63) is 42.1 Å². The van der Waals surface area contributed by atoms with E-state index in [1.165, 1.54) is 0 Å². The van der Waals surface area contributed by atoms with Gasteiger partial charge in [0.25, 0.3) is 5.91 Å². The molecule has 1 saturated carbocycles. The molecule has 1 heterocycles. The second-order valence-electron chi connectivity index (χ2n) is 6.66. The number of carbonyl (C=O) groups excluding carboxylic acids is 2. The smallest absolute Gasteiger partial charge is 0.319 e. The van der Waals surface area contributed by atoms with E-state index < -0.39 is 0 Å². The summed E-state index contributed by atoms with van der Waals surface area (Å²) in [4.78, 5) is 28.8. The summed E-state index contributed by atoms with van der Waals surface area (Å²) >= 11 is 4.43. The SMILES string of the molecule is CCOC(=O)C(S)C1CCC(NC(=O)c2ccnc3ccccc23)CC1. The quantitative estimate of drug-likeness (QED) is 0.624. The highest BCUT2D eigenvalue weighted by molar-refractivity contribution is 7.81. The largest absolute Gasteiger partial charge is 0.465 e. The van der Waals surface area contributed by atoms with Crippen molar-refractivity contribution in [2.75, 3.05) is 6.61 Å². The molecular weight excluding hydrogens is 348 g/mol. The first-order chi connectivity index (χ1) is 12.6. The van der Waals surface area contributed by atoms with Gasteiger partial charge in [0, 0.05) is 17.6 Å². The van der Waals surface area contributed by atoms with Gasteiger partial charge in [-0.2, -0.15) is 12.6 Å². The first-order valence-electron chi connectivity index (χ1n) is 9.09. The zero-order valence-electron chi connectivity index (χ0n) is 14.9. The normalized spacial score (nSPS) is 21.2. The Kier molecular flexibility index (Phi) is 6.14. The summed E-state index contributed by atoms with van der Waals surface area (Å²) in [5, 5.41) is 3.61. The lowest BCUT2D eigenvalue weighted by Gasteiger charge is -2.31. The third-order valence-electron chi connectivity index (χ3n) is 4.98. The molecule has 2 aromatic rings. The monoisotopic (exact) mass is 372 g/mol. The minimum atomic E-state index is -0.379. The van der Waals surface area contributed by atoms with Crippen molar-refractivity contribution in [1.29, 1.82) is 0 Å². The highest BCUT2D eigenvalue weighted by Crippen LogP contribution is 2.30. The summed E-state index contributed by atoms with van der Waals surface area (Å²) < 4.78 is 5.06. The number of nitrogens with one attached hydrogen (secondary N) is 1. The van der Waals surface area contributed by atoms with E-state index in [-0.39, 0.29) is 29.1 Å². The van der Waals surface area contributed by atoms with Gasteiger partial charge in [-0.3, -0.25) is 14.6 Å². The van der Waals surface area contributed by atoms with Crippen LogP contribution in [0.25, 0.3) is 10.9 Å². The third-order valence-corrected chi connectivity index (χ3v) is 5.61. The minimum absolute atomic E-state index is 0.0696. The Morgan fingerprint density at radius 2 is 1.96 bits per heavy atom. The maximum absolute atomic E-state index is 12.7. The van der Waals surface area contributed by atoms with Crippen molar-refractivity contribution < 1.29 is 14.3 Å². The Labute approximate surface area is 158 Å². The summed E-state index contributed by atoms with van der Waals surface area (Å²) in [6.07, 6.45) is 5.06. The average molecular weight is 372 g/mol. The van der Waals surface area contributed by atoms with Crippen molar-refractivity contribution in [1.82, 2.24) is 10.3 Å². The van der Waals surface area contributed by atoms with E-state index >= 15 is 0 Å². The van der Waals surface area contributed by atoms with E-state index in [4.69, 9.17) is 4.74 Å². The predicted octanol–water partition coefficient (Wildman–Crippen LogP) is 3.38. The molecule has 0 aliphatic heterocycles. The highest BCUT2D eigenvalue weighted by atomic mass is 32.1. The van der Waals surface area contributed by atoms with E-state index in [1.807, 2.05) is 24.3 Å². The zero-order chi connectivity index (χ0) is 18.5. The molecule has 1 fully saturated rings. The molecule has 1 aliphatic rings. The number of benzene rings is 1. The lowest BCUT2D eigenvalue weighted by molar-refractivity contribution is -0.143. The van der Waals surface area contributed by atoms with Gasteiger partial charge in [-0.25, -0.2) is 0 Å². The highest BCUT2D eigenvalue weighted by Gasteiger charge is 2.31. The van der Waals surface area contributed by atoms with Crippen molar-refractivity contribution in [2.45, 2.75) is 43.9 Å². The van der Waals surface area contributed by atoms with Gasteiger partial charge >= 0.3 is 5.97 Å². The predicted molar refractivity (Wildman–Crippen MR) is 104 cm³/mol. The van der Waals surface area contributed by atoms with Crippen molar-refractivity contribution in [2.24, 2.45) is 5.92 Å². The standard InChI is InChI=1S/C20H24N2O3S/c1-2-25-20(24)18(26)13-7-9-14(10-8-13)22-19(23)16-11-12-21-17-6-4-3-5-15(16)17/h3-6,11-14,18,26H,2,7-10H2,1H3,(H,22,23). The van der Waals surface area contributed by atoms with E-state index in [0.29, 0.717) is 12.2 Å². The van der Waals surface area contributed by atoms with Crippen LogP contribution < -0.4 is 5.32 Å². The molecule has 1 aromatic carbocycles. The number of pyridine rings is 1. The number of thiol groups is 1. The van der Waals surface area contributed by atoms with Crippen LogP contribution in [0.4, 0.5) is 0 Å². The van der Waals surface area contributed by atoms with Crippen molar-refractivity contribution in [3.8, 4) is 0 Å². The van der Waals surface area contributed by atoms with Gasteiger partial charge in [0.05, 0.1) is 17.7 Å².